The molecule has 2 aromatic rings. The van der Waals surface area contributed by atoms with Crippen LogP contribution in [0.4, 0.5) is 0 Å². The fourth-order valence-electron chi connectivity index (χ4n) is 1.83. The van der Waals surface area contributed by atoms with Crippen LogP contribution in [0.1, 0.15) is 25.6 Å². The predicted octanol–water partition coefficient (Wildman–Crippen LogP) is 2.33. The van der Waals surface area contributed by atoms with Gasteiger partial charge < -0.3 is 19.7 Å². The van der Waals surface area contributed by atoms with Gasteiger partial charge in [0.2, 0.25) is 5.89 Å². The Balaban J connectivity index is 1.66. The molecule has 0 saturated heterocycles. The van der Waals surface area contributed by atoms with Crippen LogP contribution < -0.4 is 15.2 Å². The molecule has 1 aliphatic heterocycles. The van der Waals surface area contributed by atoms with Crippen LogP contribution in [0, 0.1) is 0 Å². The van der Waals surface area contributed by atoms with E-state index in [4.69, 9.17) is 19.7 Å². The summed E-state index contributed by atoms with van der Waals surface area (Å²) in [5, 5.41) is 3.90. The fourth-order valence-corrected chi connectivity index (χ4v) is 2.60. The van der Waals surface area contributed by atoms with Gasteiger partial charge in [0.25, 0.3) is 0 Å². The molecule has 0 amide bonds. The number of benzene rings is 1. The van der Waals surface area contributed by atoms with E-state index in [1.54, 1.807) is 11.8 Å². The second-order valence-corrected chi connectivity index (χ2v) is 6.38. The SMILES string of the molecule is CC(C)(N)c1noc(CSc2ccc3c(c2)OCCO3)n1. The lowest BCUT2D eigenvalue weighted by Gasteiger charge is -2.18. The standard InChI is InChI=1S/C14H17N3O3S/c1-14(2,15)13-16-12(20-17-13)8-21-9-3-4-10-11(7-9)19-6-5-18-10/h3-4,7H,5-6,8,15H2,1-2H3. The number of hydrogen-bond acceptors (Lipinski definition) is 7. The maximum absolute atomic E-state index is 5.93. The van der Waals surface area contributed by atoms with Gasteiger partial charge in [0.05, 0.1) is 11.3 Å². The zero-order valence-electron chi connectivity index (χ0n) is 12.0. The zero-order chi connectivity index (χ0) is 14.9. The Labute approximate surface area is 127 Å². The average Bonchev–Trinajstić information content (AvgIpc) is 2.94. The lowest BCUT2D eigenvalue weighted by atomic mass is 10.1. The Morgan fingerprint density at radius 3 is 2.71 bits per heavy atom. The van der Waals surface area contributed by atoms with Crippen LogP contribution in [0.2, 0.25) is 0 Å². The number of thioether (sulfide) groups is 1. The van der Waals surface area contributed by atoms with E-state index in [1.807, 2.05) is 32.0 Å². The van der Waals surface area contributed by atoms with Gasteiger partial charge in [0.1, 0.15) is 13.2 Å². The summed E-state index contributed by atoms with van der Waals surface area (Å²) in [6.07, 6.45) is 0. The van der Waals surface area contributed by atoms with E-state index in [2.05, 4.69) is 10.1 Å². The third kappa shape index (κ3) is 3.30. The fraction of sp³-hybridized carbons (Fsp3) is 0.429. The average molecular weight is 307 g/mol. The molecule has 0 bridgehead atoms. The van der Waals surface area contributed by atoms with Crippen LogP contribution in [0.3, 0.4) is 0 Å². The first-order chi connectivity index (χ1) is 10.0. The minimum atomic E-state index is -0.594. The van der Waals surface area contributed by atoms with E-state index in [-0.39, 0.29) is 0 Å². The van der Waals surface area contributed by atoms with Gasteiger partial charge in [-0.25, -0.2) is 0 Å². The normalized spacial score (nSPS) is 14.2. The molecule has 3 rings (SSSR count). The maximum atomic E-state index is 5.93. The van der Waals surface area contributed by atoms with E-state index >= 15 is 0 Å². The lowest BCUT2D eigenvalue weighted by Crippen LogP contribution is -2.30. The molecule has 112 valence electrons. The molecule has 21 heavy (non-hydrogen) atoms. The second-order valence-electron chi connectivity index (χ2n) is 5.33. The van der Waals surface area contributed by atoms with E-state index in [9.17, 15) is 0 Å². The monoisotopic (exact) mass is 307 g/mol. The Kier molecular flexibility index (Phi) is 3.77. The molecule has 7 heteroatoms. The highest BCUT2D eigenvalue weighted by Crippen LogP contribution is 2.35. The molecule has 2 N–H and O–H groups in total. The zero-order valence-corrected chi connectivity index (χ0v) is 12.8. The van der Waals surface area contributed by atoms with Gasteiger partial charge >= 0.3 is 0 Å². The van der Waals surface area contributed by atoms with Crippen LogP contribution in [-0.4, -0.2) is 23.4 Å². The van der Waals surface area contributed by atoms with Gasteiger partial charge in [-0.05, 0) is 32.0 Å². The van der Waals surface area contributed by atoms with Crippen molar-refractivity contribution in [3.05, 3.63) is 29.9 Å². The molecule has 0 atom stereocenters. The van der Waals surface area contributed by atoms with Crippen molar-refractivity contribution in [2.24, 2.45) is 5.73 Å². The number of hydrogen-bond donors (Lipinski definition) is 1. The molecule has 0 unspecified atom stereocenters. The van der Waals surface area contributed by atoms with Crippen molar-refractivity contribution >= 4 is 11.8 Å². The Morgan fingerprint density at radius 2 is 2.00 bits per heavy atom. The number of nitrogens with two attached hydrogens (primary N) is 1. The van der Waals surface area contributed by atoms with Crippen LogP contribution in [0.15, 0.2) is 27.6 Å². The molecular formula is C14H17N3O3S. The smallest absolute Gasteiger partial charge is 0.237 e. The van der Waals surface area contributed by atoms with Crippen molar-refractivity contribution in [3.8, 4) is 11.5 Å². The molecule has 0 spiro atoms. The number of fused-ring (bicyclic) bond motifs is 1. The molecule has 6 nitrogen and oxygen atoms in total. The van der Waals surface area contributed by atoms with Crippen molar-refractivity contribution in [1.29, 1.82) is 0 Å². The Bertz CT molecular complexity index is 637. The van der Waals surface area contributed by atoms with Gasteiger partial charge in [-0.15, -0.1) is 11.8 Å². The first kappa shape index (κ1) is 14.2. The minimum absolute atomic E-state index is 0.514. The summed E-state index contributed by atoms with van der Waals surface area (Å²) in [4.78, 5) is 5.37. The predicted molar refractivity (Wildman–Crippen MR) is 78.5 cm³/mol. The van der Waals surface area contributed by atoms with Crippen molar-refractivity contribution in [1.82, 2.24) is 10.1 Å². The van der Waals surface area contributed by atoms with Crippen molar-refractivity contribution < 1.29 is 14.0 Å². The Morgan fingerprint density at radius 1 is 1.24 bits per heavy atom. The first-order valence-electron chi connectivity index (χ1n) is 6.67. The topological polar surface area (TPSA) is 83.4 Å². The summed E-state index contributed by atoms with van der Waals surface area (Å²) in [5.74, 6) is 3.22. The summed E-state index contributed by atoms with van der Waals surface area (Å²) in [7, 11) is 0. The highest BCUT2D eigenvalue weighted by Gasteiger charge is 2.21. The number of rotatable bonds is 4. The first-order valence-corrected chi connectivity index (χ1v) is 7.65. The quantitative estimate of drug-likeness (QED) is 0.868. The van der Waals surface area contributed by atoms with Gasteiger partial charge in [-0.1, -0.05) is 5.16 Å². The molecule has 1 aromatic carbocycles. The number of aromatic nitrogens is 2. The third-order valence-electron chi connectivity index (χ3n) is 2.92. The highest BCUT2D eigenvalue weighted by atomic mass is 32.2. The van der Waals surface area contributed by atoms with Gasteiger partial charge in [0.15, 0.2) is 17.3 Å². The molecular weight excluding hydrogens is 290 g/mol. The summed E-state index contributed by atoms with van der Waals surface area (Å²) < 4.78 is 16.3. The number of nitrogens with zero attached hydrogens (tertiary/aromatic N) is 2. The Hall–Kier alpha value is -1.73. The van der Waals surface area contributed by atoms with Crippen LogP contribution in [-0.2, 0) is 11.3 Å². The molecule has 0 aliphatic carbocycles. The molecule has 0 saturated carbocycles. The number of ether oxygens (including phenoxy) is 2. The second kappa shape index (κ2) is 5.57. The summed E-state index contributed by atoms with van der Waals surface area (Å²) in [6, 6.07) is 5.87. The van der Waals surface area contributed by atoms with Crippen LogP contribution in [0.25, 0.3) is 0 Å². The molecule has 1 aromatic heterocycles. The maximum Gasteiger partial charge on any atom is 0.237 e. The van der Waals surface area contributed by atoms with Crippen LogP contribution in [0.5, 0.6) is 11.5 Å². The van der Waals surface area contributed by atoms with E-state index in [0.717, 1.165) is 16.4 Å². The van der Waals surface area contributed by atoms with E-state index in [1.165, 1.54) is 0 Å². The van der Waals surface area contributed by atoms with Crippen molar-refractivity contribution in [2.45, 2.75) is 30.0 Å². The van der Waals surface area contributed by atoms with Gasteiger partial charge in [-0.2, -0.15) is 4.98 Å². The summed E-state index contributed by atoms with van der Waals surface area (Å²) in [6.45, 7) is 4.87. The van der Waals surface area contributed by atoms with E-state index in [0.29, 0.717) is 30.7 Å². The van der Waals surface area contributed by atoms with Crippen LogP contribution >= 0.6 is 11.8 Å². The summed E-state index contributed by atoms with van der Waals surface area (Å²) in [5.41, 5.74) is 5.34. The lowest BCUT2D eigenvalue weighted by molar-refractivity contribution is 0.171. The minimum Gasteiger partial charge on any atom is -0.486 e. The van der Waals surface area contributed by atoms with Gasteiger partial charge in [-0.3, -0.25) is 0 Å². The molecule has 0 fully saturated rings. The molecule has 2 heterocycles. The largest absolute Gasteiger partial charge is 0.486 e. The summed E-state index contributed by atoms with van der Waals surface area (Å²) >= 11 is 1.60. The third-order valence-corrected chi connectivity index (χ3v) is 3.90. The highest BCUT2D eigenvalue weighted by molar-refractivity contribution is 7.98. The van der Waals surface area contributed by atoms with Gasteiger partial charge in [0, 0.05) is 4.90 Å². The van der Waals surface area contributed by atoms with E-state index < -0.39 is 5.54 Å². The van der Waals surface area contributed by atoms with Crippen molar-refractivity contribution in [2.75, 3.05) is 13.2 Å². The van der Waals surface area contributed by atoms with Crippen molar-refractivity contribution in [3.63, 3.8) is 0 Å². The molecule has 0 radical (unpaired) electrons. The molecule has 1 aliphatic rings.